The van der Waals surface area contributed by atoms with Gasteiger partial charge in [-0.25, -0.2) is 4.98 Å². The summed E-state index contributed by atoms with van der Waals surface area (Å²) in [6.45, 7) is 2.08. The van der Waals surface area contributed by atoms with E-state index in [1.165, 1.54) is 0 Å². The molecule has 2 aromatic rings. The maximum Gasteiger partial charge on any atom is 0.213 e. The van der Waals surface area contributed by atoms with Gasteiger partial charge in [0.15, 0.2) is 5.96 Å². The molecule has 0 amide bonds. The normalized spacial score (nSPS) is 10.7. The molecular weight excluding hydrogens is 447 g/mol. The van der Waals surface area contributed by atoms with E-state index in [0.29, 0.717) is 19.0 Å². The smallest absolute Gasteiger partial charge is 0.213 e. The van der Waals surface area contributed by atoms with Crippen molar-refractivity contribution in [1.29, 1.82) is 0 Å². The number of guanidine groups is 1. The van der Waals surface area contributed by atoms with E-state index in [1.807, 2.05) is 42.5 Å². The first kappa shape index (κ1) is 21.6. The van der Waals surface area contributed by atoms with Crippen molar-refractivity contribution in [2.24, 2.45) is 4.99 Å². The number of benzene rings is 1. The molecule has 0 fully saturated rings. The molecule has 1 aromatic heterocycles. The van der Waals surface area contributed by atoms with E-state index in [-0.39, 0.29) is 24.0 Å². The number of nitrogens with zero attached hydrogens (tertiary/aromatic N) is 2. The topological polar surface area (TPSA) is 58.5 Å². The van der Waals surface area contributed by atoms with Crippen LogP contribution in [0.5, 0.6) is 5.88 Å². The second-order valence-corrected chi connectivity index (χ2v) is 6.11. The minimum atomic E-state index is 0. The number of pyridine rings is 1. The van der Waals surface area contributed by atoms with E-state index in [2.05, 4.69) is 26.9 Å². The van der Waals surface area contributed by atoms with Crippen LogP contribution in [0.25, 0.3) is 0 Å². The molecule has 0 radical (unpaired) electrons. The Labute approximate surface area is 171 Å². The van der Waals surface area contributed by atoms with Crippen molar-refractivity contribution in [2.75, 3.05) is 25.6 Å². The maximum atomic E-state index is 5.76. The molecule has 0 unspecified atom stereocenters. The summed E-state index contributed by atoms with van der Waals surface area (Å²) in [4.78, 5) is 8.48. The summed E-state index contributed by atoms with van der Waals surface area (Å²) >= 11 is 1.80. The number of nitrogens with one attached hydrogen (secondary N) is 2. The van der Waals surface area contributed by atoms with Crippen molar-refractivity contribution >= 4 is 41.7 Å². The first-order chi connectivity index (χ1) is 11.8. The standard InChI is InChI=1S/C18H24N4OS.HI/c1-19-18(21-10-11-24-2)22-13-16-8-9-20-17(12-16)23-14-15-6-4-3-5-7-15;/h3-9,12H,10-11,13-14H2,1-2H3,(H2,19,21,22);1H. The third-order valence-corrected chi connectivity index (χ3v) is 3.92. The first-order valence-corrected chi connectivity index (χ1v) is 9.26. The van der Waals surface area contributed by atoms with Crippen molar-refractivity contribution in [3.05, 3.63) is 59.8 Å². The first-order valence-electron chi connectivity index (χ1n) is 7.87. The van der Waals surface area contributed by atoms with E-state index >= 15 is 0 Å². The lowest BCUT2D eigenvalue weighted by molar-refractivity contribution is 0.293. The van der Waals surface area contributed by atoms with E-state index in [1.54, 1.807) is 25.0 Å². The second kappa shape index (κ2) is 12.8. The van der Waals surface area contributed by atoms with Crippen molar-refractivity contribution in [1.82, 2.24) is 15.6 Å². The molecule has 0 saturated carbocycles. The lowest BCUT2D eigenvalue weighted by atomic mass is 10.2. The molecule has 2 rings (SSSR count). The number of rotatable bonds is 8. The predicted octanol–water partition coefficient (Wildman–Crippen LogP) is 3.31. The number of aromatic nitrogens is 1. The average molecular weight is 472 g/mol. The lowest BCUT2D eigenvalue weighted by Crippen LogP contribution is -2.37. The molecule has 1 aromatic carbocycles. The van der Waals surface area contributed by atoms with Crippen LogP contribution in [0.15, 0.2) is 53.7 Å². The van der Waals surface area contributed by atoms with Crippen molar-refractivity contribution < 1.29 is 4.74 Å². The highest BCUT2D eigenvalue weighted by Gasteiger charge is 2.01. The molecule has 25 heavy (non-hydrogen) atoms. The van der Waals surface area contributed by atoms with Gasteiger partial charge in [0.25, 0.3) is 0 Å². The minimum Gasteiger partial charge on any atom is -0.473 e. The fourth-order valence-corrected chi connectivity index (χ4v) is 2.35. The summed E-state index contributed by atoms with van der Waals surface area (Å²) in [7, 11) is 1.77. The third-order valence-electron chi connectivity index (χ3n) is 3.31. The van der Waals surface area contributed by atoms with Gasteiger partial charge in [0.2, 0.25) is 5.88 Å². The fourth-order valence-electron chi connectivity index (χ4n) is 2.05. The third kappa shape index (κ3) is 8.44. The molecule has 5 nitrogen and oxygen atoms in total. The highest BCUT2D eigenvalue weighted by Crippen LogP contribution is 2.11. The molecule has 1 heterocycles. The number of ether oxygens (including phenoxy) is 1. The van der Waals surface area contributed by atoms with E-state index in [9.17, 15) is 0 Å². The molecule has 0 aliphatic heterocycles. The predicted molar refractivity (Wildman–Crippen MR) is 117 cm³/mol. The molecule has 0 spiro atoms. The van der Waals surface area contributed by atoms with Crippen LogP contribution in [0.2, 0.25) is 0 Å². The van der Waals surface area contributed by atoms with Gasteiger partial charge in [-0.15, -0.1) is 24.0 Å². The van der Waals surface area contributed by atoms with Crippen LogP contribution in [-0.4, -0.2) is 36.5 Å². The van der Waals surface area contributed by atoms with Crippen LogP contribution >= 0.6 is 35.7 Å². The van der Waals surface area contributed by atoms with Gasteiger partial charge in [-0.2, -0.15) is 11.8 Å². The van der Waals surface area contributed by atoms with Crippen LogP contribution in [0, 0.1) is 0 Å². The zero-order valence-corrected chi connectivity index (χ0v) is 17.7. The number of halogens is 1. The minimum absolute atomic E-state index is 0. The largest absolute Gasteiger partial charge is 0.473 e. The summed E-state index contributed by atoms with van der Waals surface area (Å²) in [6.07, 6.45) is 3.85. The SMILES string of the molecule is CN=C(NCCSC)NCc1ccnc(OCc2ccccc2)c1.I. The van der Waals surface area contributed by atoms with Gasteiger partial charge in [-0.05, 0) is 23.4 Å². The van der Waals surface area contributed by atoms with Crippen LogP contribution in [0.3, 0.4) is 0 Å². The molecule has 2 N–H and O–H groups in total. The van der Waals surface area contributed by atoms with Crippen molar-refractivity contribution in [3.8, 4) is 5.88 Å². The summed E-state index contributed by atoms with van der Waals surface area (Å²) in [5, 5.41) is 6.56. The number of thioether (sulfide) groups is 1. The van der Waals surface area contributed by atoms with Gasteiger partial charge in [-0.3, -0.25) is 4.99 Å². The van der Waals surface area contributed by atoms with Gasteiger partial charge in [-0.1, -0.05) is 30.3 Å². The Balaban J connectivity index is 0.00000312. The van der Waals surface area contributed by atoms with Crippen molar-refractivity contribution in [2.45, 2.75) is 13.2 Å². The van der Waals surface area contributed by atoms with Gasteiger partial charge in [0.05, 0.1) is 0 Å². The van der Waals surface area contributed by atoms with Gasteiger partial charge in [0, 0.05) is 38.2 Å². The van der Waals surface area contributed by atoms with Crippen LogP contribution < -0.4 is 15.4 Å². The van der Waals surface area contributed by atoms with Crippen molar-refractivity contribution in [3.63, 3.8) is 0 Å². The summed E-state index contributed by atoms with van der Waals surface area (Å²) in [5.41, 5.74) is 2.22. The fraction of sp³-hybridized carbons (Fsp3) is 0.333. The van der Waals surface area contributed by atoms with E-state index in [4.69, 9.17) is 4.74 Å². The Hall–Kier alpha value is -1.48. The molecule has 0 aliphatic rings. The highest BCUT2D eigenvalue weighted by atomic mass is 127. The molecule has 7 heteroatoms. The molecule has 0 atom stereocenters. The number of hydrogen-bond acceptors (Lipinski definition) is 4. The molecule has 0 bridgehead atoms. The Morgan fingerprint density at radius 2 is 1.96 bits per heavy atom. The number of aliphatic imine (C=N–C) groups is 1. The average Bonchev–Trinajstić information content (AvgIpc) is 2.64. The Morgan fingerprint density at radius 3 is 2.68 bits per heavy atom. The van der Waals surface area contributed by atoms with Gasteiger partial charge < -0.3 is 15.4 Å². The second-order valence-electron chi connectivity index (χ2n) is 5.12. The van der Waals surface area contributed by atoms with Crippen LogP contribution in [0.4, 0.5) is 0 Å². The highest BCUT2D eigenvalue weighted by molar-refractivity contribution is 14.0. The van der Waals surface area contributed by atoms with Crippen LogP contribution in [-0.2, 0) is 13.2 Å². The molecule has 136 valence electrons. The molecule has 0 aliphatic carbocycles. The Bertz CT molecular complexity index is 640. The maximum absolute atomic E-state index is 5.76. The zero-order chi connectivity index (χ0) is 17.0. The van der Waals surface area contributed by atoms with Gasteiger partial charge >= 0.3 is 0 Å². The zero-order valence-electron chi connectivity index (χ0n) is 14.6. The van der Waals surface area contributed by atoms with Crippen LogP contribution in [0.1, 0.15) is 11.1 Å². The van der Waals surface area contributed by atoms with E-state index < -0.39 is 0 Å². The Kier molecular flexibility index (Phi) is 11.1. The quantitative estimate of drug-likeness (QED) is 0.267. The molecular formula is C18H25IN4OS. The van der Waals surface area contributed by atoms with E-state index in [0.717, 1.165) is 29.4 Å². The Morgan fingerprint density at radius 1 is 1.16 bits per heavy atom. The number of hydrogen-bond donors (Lipinski definition) is 2. The monoisotopic (exact) mass is 472 g/mol. The summed E-state index contributed by atoms with van der Waals surface area (Å²) in [5.74, 6) is 2.48. The summed E-state index contributed by atoms with van der Waals surface area (Å²) < 4.78 is 5.76. The lowest BCUT2D eigenvalue weighted by Gasteiger charge is -2.12. The van der Waals surface area contributed by atoms with Gasteiger partial charge in [0.1, 0.15) is 6.61 Å². The summed E-state index contributed by atoms with van der Waals surface area (Å²) in [6, 6.07) is 14.0. The molecule has 0 saturated heterocycles.